The molecule has 2 unspecified atom stereocenters. The Hall–Kier alpha value is -1.84. The average molecular weight is 315 g/mol. The van der Waals surface area contributed by atoms with Gasteiger partial charge < -0.3 is 10.0 Å². The Bertz CT molecular complexity index is 585. The maximum Gasteiger partial charge on any atom is 0.306 e. The normalized spacial score (nSPS) is 24.7. The van der Waals surface area contributed by atoms with Crippen LogP contribution in [0, 0.1) is 11.8 Å². The molecular weight excluding hydrogens is 290 g/mol. The van der Waals surface area contributed by atoms with Gasteiger partial charge >= 0.3 is 5.97 Å². The topological polar surface area (TPSA) is 57.6 Å². The molecule has 1 aromatic rings. The average Bonchev–Trinajstić information content (AvgIpc) is 3.35. The van der Waals surface area contributed by atoms with Gasteiger partial charge in [-0.3, -0.25) is 9.59 Å². The second-order valence-electron chi connectivity index (χ2n) is 7.21. The van der Waals surface area contributed by atoms with E-state index in [2.05, 4.69) is 38.1 Å². The molecule has 4 heteroatoms. The van der Waals surface area contributed by atoms with Crippen LogP contribution in [0.4, 0.5) is 0 Å². The number of hydrogen-bond donors (Lipinski definition) is 1. The second-order valence-corrected chi connectivity index (χ2v) is 7.21. The van der Waals surface area contributed by atoms with Crippen molar-refractivity contribution in [2.75, 3.05) is 13.1 Å². The fourth-order valence-corrected chi connectivity index (χ4v) is 3.55. The van der Waals surface area contributed by atoms with Crippen molar-refractivity contribution >= 4 is 11.9 Å². The number of carboxylic acids is 1. The summed E-state index contributed by atoms with van der Waals surface area (Å²) in [7, 11) is 0. The molecule has 1 aliphatic heterocycles. The lowest BCUT2D eigenvalue weighted by Gasteiger charge is -2.30. The minimum atomic E-state index is -0.730. The maximum atomic E-state index is 12.6. The van der Waals surface area contributed by atoms with Crippen molar-refractivity contribution in [2.45, 2.75) is 44.9 Å². The number of carboxylic acid groups (broad SMARTS) is 1. The summed E-state index contributed by atoms with van der Waals surface area (Å²) in [5.74, 6) is 0.175. The van der Waals surface area contributed by atoms with Crippen molar-refractivity contribution in [3.63, 3.8) is 0 Å². The van der Waals surface area contributed by atoms with Crippen molar-refractivity contribution in [2.24, 2.45) is 11.8 Å². The predicted octanol–water partition coefficient (Wildman–Crippen LogP) is 3.24. The number of aliphatic carboxylic acids is 1. The smallest absolute Gasteiger partial charge is 0.306 e. The lowest BCUT2D eigenvalue weighted by atomic mass is 9.96. The highest BCUT2D eigenvalue weighted by Gasteiger charge is 2.46. The molecule has 124 valence electrons. The Morgan fingerprint density at radius 2 is 1.74 bits per heavy atom. The molecule has 1 saturated carbocycles. The van der Waals surface area contributed by atoms with Gasteiger partial charge in [-0.05, 0) is 42.2 Å². The lowest BCUT2D eigenvalue weighted by Crippen LogP contribution is -2.41. The van der Waals surface area contributed by atoms with E-state index < -0.39 is 5.97 Å². The summed E-state index contributed by atoms with van der Waals surface area (Å²) < 4.78 is 0. The molecule has 2 aliphatic rings. The van der Waals surface area contributed by atoms with Gasteiger partial charge in [0.15, 0.2) is 0 Å². The van der Waals surface area contributed by atoms with Gasteiger partial charge in [-0.2, -0.15) is 0 Å². The number of nitrogens with zero attached hydrogens (tertiary/aromatic N) is 1. The lowest BCUT2D eigenvalue weighted by molar-refractivity contribution is -0.146. The van der Waals surface area contributed by atoms with Gasteiger partial charge in [0, 0.05) is 19.0 Å². The minimum absolute atomic E-state index is 0.0984. The highest BCUT2D eigenvalue weighted by molar-refractivity contribution is 5.83. The number of amides is 1. The summed E-state index contributed by atoms with van der Waals surface area (Å²) in [5, 5.41) is 9.03. The van der Waals surface area contributed by atoms with E-state index in [4.69, 9.17) is 5.11 Å². The fraction of sp³-hybridized carbons (Fsp3) is 0.579. The van der Waals surface area contributed by atoms with E-state index in [1.54, 1.807) is 0 Å². The van der Waals surface area contributed by atoms with Crippen LogP contribution in [0.1, 0.15) is 56.1 Å². The molecule has 1 aromatic carbocycles. The Balaban J connectivity index is 1.56. The third-order valence-corrected chi connectivity index (χ3v) is 5.29. The van der Waals surface area contributed by atoms with Crippen LogP contribution in [0.5, 0.6) is 0 Å². The monoisotopic (exact) mass is 315 g/mol. The van der Waals surface area contributed by atoms with Gasteiger partial charge in [0.1, 0.15) is 0 Å². The first-order valence-electron chi connectivity index (χ1n) is 8.59. The van der Waals surface area contributed by atoms with Crippen molar-refractivity contribution in [3.8, 4) is 0 Å². The first-order chi connectivity index (χ1) is 11.0. The van der Waals surface area contributed by atoms with Gasteiger partial charge in [0.05, 0.1) is 5.92 Å². The van der Waals surface area contributed by atoms with Gasteiger partial charge in [0.25, 0.3) is 0 Å². The molecule has 0 radical (unpaired) electrons. The van der Waals surface area contributed by atoms with Crippen LogP contribution in [-0.4, -0.2) is 35.0 Å². The molecule has 0 bridgehead atoms. The summed E-state index contributed by atoms with van der Waals surface area (Å²) >= 11 is 0. The number of benzene rings is 1. The van der Waals surface area contributed by atoms with Crippen LogP contribution in [0.3, 0.4) is 0 Å². The van der Waals surface area contributed by atoms with E-state index in [1.807, 2.05) is 4.90 Å². The zero-order chi connectivity index (χ0) is 16.6. The number of hydrogen-bond acceptors (Lipinski definition) is 2. The summed E-state index contributed by atoms with van der Waals surface area (Å²) in [6.07, 6.45) is 2.10. The highest BCUT2D eigenvalue weighted by Crippen LogP contribution is 2.48. The molecule has 2 atom stereocenters. The fourth-order valence-electron chi connectivity index (χ4n) is 3.55. The molecule has 23 heavy (non-hydrogen) atoms. The van der Waals surface area contributed by atoms with Crippen LogP contribution >= 0.6 is 0 Å². The Kier molecular flexibility index (Phi) is 4.42. The Labute approximate surface area is 137 Å². The number of carbonyl (C=O) groups excluding carboxylic acids is 1. The molecule has 1 saturated heterocycles. The van der Waals surface area contributed by atoms with Crippen molar-refractivity contribution in [3.05, 3.63) is 35.4 Å². The molecule has 1 heterocycles. The van der Waals surface area contributed by atoms with Crippen LogP contribution in [-0.2, 0) is 9.59 Å². The van der Waals surface area contributed by atoms with E-state index >= 15 is 0 Å². The third kappa shape index (κ3) is 3.41. The first-order valence-corrected chi connectivity index (χ1v) is 8.59. The van der Waals surface area contributed by atoms with Crippen molar-refractivity contribution in [1.29, 1.82) is 0 Å². The van der Waals surface area contributed by atoms with Gasteiger partial charge in [-0.1, -0.05) is 38.1 Å². The van der Waals surface area contributed by atoms with Gasteiger partial charge in [-0.15, -0.1) is 0 Å². The van der Waals surface area contributed by atoms with Crippen LogP contribution < -0.4 is 0 Å². The largest absolute Gasteiger partial charge is 0.481 e. The van der Waals surface area contributed by atoms with Gasteiger partial charge in [0.2, 0.25) is 5.91 Å². The van der Waals surface area contributed by atoms with E-state index in [-0.39, 0.29) is 17.7 Å². The van der Waals surface area contributed by atoms with Crippen LogP contribution in [0.15, 0.2) is 24.3 Å². The summed E-state index contributed by atoms with van der Waals surface area (Å²) in [6.45, 7) is 5.54. The maximum absolute atomic E-state index is 12.6. The SMILES string of the molecule is CC(C)c1ccc(C2CC2C(=O)N2CCC(C(=O)O)CC2)cc1. The van der Waals surface area contributed by atoms with Crippen LogP contribution in [0.25, 0.3) is 0 Å². The Morgan fingerprint density at radius 3 is 2.26 bits per heavy atom. The molecule has 1 N–H and O–H groups in total. The third-order valence-electron chi connectivity index (χ3n) is 5.29. The standard InChI is InChI=1S/C19H25NO3/c1-12(2)13-3-5-14(6-4-13)16-11-17(16)18(21)20-9-7-15(8-10-20)19(22)23/h3-6,12,15-17H,7-11H2,1-2H3,(H,22,23). The zero-order valence-corrected chi connectivity index (χ0v) is 13.9. The van der Waals surface area contributed by atoms with E-state index in [9.17, 15) is 9.59 Å². The predicted molar refractivity (Wildman–Crippen MR) is 88.3 cm³/mol. The Morgan fingerprint density at radius 1 is 1.13 bits per heavy atom. The molecule has 1 amide bonds. The van der Waals surface area contributed by atoms with Crippen molar-refractivity contribution < 1.29 is 14.7 Å². The van der Waals surface area contributed by atoms with E-state index in [1.165, 1.54) is 11.1 Å². The number of likely N-dealkylation sites (tertiary alicyclic amines) is 1. The molecule has 1 aliphatic carbocycles. The summed E-state index contributed by atoms with van der Waals surface area (Å²) in [4.78, 5) is 25.4. The number of piperidine rings is 1. The van der Waals surface area contributed by atoms with Gasteiger partial charge in [-0.25, -0.2) is 0 Å². The second kappa shape index (κ2) is 6.34. The first kappa shape index (κ1) is 16.0. The van der Waals surface area contributed by atoms with Crippen molar-refractivity contribution in [1.82, 2.24) is 4.90 Å². The number of rotatable bonds is 4. The number of carbonyl (C=O) groups is 2. The zero-order valence-electron chi connectivity index (χ0n) is 13.9. The molecule has 0 aromatic heterocycles. The van der Waals surface area contributed by atoms with E-state index in [0.717, 1.165) is 6.42 Å². The highest BCUT2D eigenvalue weighted by atomic mass is 16.4. The molecule has 3 rings (SSSR count). The molecular formula is C19H25NO3. The molecule has 2 fully saturated rings. The molecule has 0 spiro atoms. The minimum Gasteiger partial charge on any atom is -0.481 e. The summed E-state index contributed by atoms with van der Waals surface area (Å²) in [5.41, 5.74) is 2.58. The van der Waals surface area contributed by atoms with Crippen LogP contribution in [0.2, 0.25) is 0 Å². The molecule has 4 nitrogen and oxygen atoms in total. The quantitative estimate of drug-likeness (QED) is 0.928. The summed E-state index contributed by atoms with van der Waals surface area (Å²) in [6, 6.07) is 8.64. The van der Waals surface area contributed by atoms with E-state index in [0.29, 0.717) is 37.8 Å².